The molecule has 0 unspecified atom stereocenters. The van der Waals surface area contributed by atoms with E-state index < -0.39 is 43.7 Å². The number of aromatic amines is 1. The fraction of sp³-hybridized carbons (Fsp3) is 0.438. The summed E-state index contributed by atoms with van der Waals surface area (Å²) < 4.78 is 85.8. The van der Waals surface area contributed by atoms with Gasteiger partial charge in [0.1, 0.15) is 6.56 Å². The summed E-state index contributed by atoms with van der Waals surface area (Å²) in [6, 6.07) is -4.00. The number of hydrogen-bond acceptors (Lipinski definition) is 3. The van der Waals surface area contributed by atoms with Gasteiger partial charge in [0, 0.05) is 26.3 Å². The molecule has 0 radical (unpaired) electrons. The van der Waals surface area contributed by atoms with Gasteiger partial charge in [-0.15, -0.1) is 0 Å². The van der Waals surface area contributed by atoms with E-state index in [9.17, 15) is 4.79 Å². The van der Waals surface area contributed by atoms with Crippen LogP contribution in [-0.4, -0.2) is 49.1 Å². The van der Waals surface area contributed by atoms with Gasteiger partial charge >= 0.3 is 6.09 Å². The SMILES string of the molecule is [2H]c1c(C[C@]2([2H])N([2H])C(=O)OC2([2H])[2H])c([2H])c2c(CC([2H])([2H])N(C)C)cn([2H])c2c1[2H]. The maximum Gasteiger partial charge on any atom is 0.407 e. The quantitative estimate of drug-likeness (QED) is 0.886. The lowest BCUT2D eigenvalue weighted by Gasteiger charge is -2.09. The average molecular weight is 297 g/mol. The second kappa shape index (κ2) is 5.77. The summed E-state index contributed by atoms with van der Waals surface area (Å²) in [5, 5.41) is 0.0312. The van der Waals surface area contributed by atoms with Crippen molar-refractivity contribution in [2.45, 2.75) is 18.9 Å². The molecule has 2 heterocycles. The fourth-order valence-corrected chi connectivity index (χ4v) is 1.94. The van der Waals surface area contributed by atoms with Crippen molar-refractivity contribution in [2.24, 2.45) is 0 Å². The molecule has 5 heteroatoms. The molecule has 1 aliphatic rings. The normalized spacial score (nSPS) is 32.1. The lowest BCUT2D eigenvalue weighted by atomic mass is 10.0. The van der Waals surface area contributed by atoms with Crippen LogP contribution in [0.2, 0.25) is 2.82 Å². The van der Waals surface area contributed by atoms with Gasteiger partial charge in [-0.05, 0) is 50.1 Å². The number of aromatic nitrogens is 1. The zero-order valence-electron chi connectivity index (χ0n) is 21.6. The minimum Gasteiger partial charge on any atom is -0.447 e. The van der Waals surface area contributed by atoms with E-state index in [0.717, 1.165) is 4.98 Å². The van der Waals surface area contributed by atoms with E-state index in [1.807, 2.05) is 0 Å². The van der Waals surface area contributed by atoms with Gasteiger partial charge in [0.25, 0.3) is 0 Å². The third kappa shape index (κ3) is 3.19. The van der Waals surface area contributed by atoms with Crippen LogP contribution in [0.3, 0.4) is 0 Å². The van der Waals surface area contributed by atoms with Gasteiger partial charge in [-0.1, -0.05) is 6.04 Å². The number of nitrogens with one attached hydrogen (secondary N) is 2. The molecule has 2 N–H and O–H groups in total. The number of carbonyl (C=O) groups excluding carboxylic acids is 1. The molecule has 1 amide bonds. The Morgan fingerprint density at radius 1 is 1.67 bits per heavy atom. The smallest absolute Gasteiger partial charge is 0.407 e. The van der Waals surface area contributed by atoms with Gasteiger partial charge in [-0.3, -0.25) is 0 Å². The van der Waals surface area contributed by atoms with Crippen LogP contribution in [0.5, 0.6) is 0 Å². The van der Waals surface area contributed by atoms with Crippen LogP contribution < -0.4 is 5.31 Å². The molecule has 1 aliphatic heterocycles. The predicted molar refractivity (Wildman–Crippen MR) is 82.5 cm³/mol. The number of rotatable bonds is 5. The number of alkyl carbamates (subject to hydrolysis) is 1. The molecule has 1 fully saturated rings. The van der Waals surface area contributed by atoms with Crippen molar-refractivity contribution >= 4 is 17.0 Å². The third-order valence-corrected chi connectivity index (χ3v) is 2.93. The summed E-state index contributed by atoms with van der Waals surface area (Å²) in [6.45, 7) is -4.75. The Morgan fingerprint density at radius 3 is 3.24 bits per heavy atom. The number of aryl methyl sites for hydroxylation is 1. The first kappa shape index (κ1) is 6.40. The minimum atomic E-state index is -2.91. The molecule has 112 valence electrons. The maximum absolute atomic E-state index is 11.7. The first-order chi connectivity index (χ1) is 14.0. The van der Waals surface area contributed by atoms with E-state index in [-0.39, 0.29) is 39.8 Å². The molecule has 1 saturated heterocycles. The molecule has 0 saturated carbocycles. The van der Waals surface area contributed by atoms with E-state index in [2.05, 4.69) is 4.74 Å². The Morgan fingerprint density at radius 2 is 2.52 bits per heavy atom. The number of hydrogen-bond donors (Lipinski definition) is 2. The molecule has 5 nitrogen and oxygen atoms in total. The van der Waals surface area contributed by atoms with Gasteiger partial charge in [0.05, 0.1) is 14.2 Å². The number of H-pyrrole nitrogens is 1. The number of ether oxygens (including phenoxy) is 1. The van der Waals surface area contributed by atoms with Crippen LogP contribution in [0.4, 0.5) is 4.79 Å². The van der Waals surface area contributed by atoms with Crippen molar-refractivity contribution in [3.05, 3.63) is 35.5 Å². The number of amides is 1. The maximum atomic E-state index is 11.7. The molecule has 0 spiro atoms. The number of nitrogens with zero attached hydrogens (tertiary/aromatic N) is 1. The standard InChI is InChI=1S/C16H21N3O2/c1-19(2)6-5-12-9-17-15-4-3-11(8-14(12)15)7-13-10-21-16(20)18-13/h3-4,8-9,13,17H,5-7,10H2,1-2H3,(H,18,20)/t13-/m0/s1/i3D,4D,6D2,8D,10D2,13D/hD2. The van der Waals surface area contributed by atoms with E-state index in [0.29, 0.717) is 0 Å². The minimum absolute atomic E-state index is 0.000934. The summed E-state index contributed by atoms with van der Waals surface area (Å²) in [7, 11) is 3.05. The molecular formula is C16H21N3O2. The Kier molecular flexibility index (Phi) is 1.76. The summed E-state index contributed by atoms with van der Waals surface area (Å²) in [6.07, 6.45) is -1.15. The topological polar surface area (TPSA) is 57.4 Å². The van der Waals surface area contributed by atoms with Gasteiger partial charge < -0.3 is 19.9 Å². The number of carbonyl (C=O) groups is 1. The Labute approximate surface area is 138 Å². The Balaban J connectivity index is 2.23. The molecular weight excluding hydrogens is 266 g/mol. The number of benzene rings is 1. The average Bonchev–Trinajstić information content (AvgIpc) is 3.03. The molecule has 0 bridgehead atoms. The third-order valence-electron chi connectivity index (χ3n) is 2.93. The Hall–Kier alpha value is -2.01. The van der Waals surface area contributed by atoms with Gasteiger partial charge in [-0.2, -0.15) is 0 Å². The van der Waals surface area contributed by atoms with E-state index in [1.54, 1.807) is 0 Å². The molecule has 1 atom stereocenters. The van der Waals surface area contributed by atoms with Crippen molar-refractivity contribution in [3.8, 4) is 0 Å². The lowest BCUT2D eigenvalue weighted by molar-refractivity contribution is 0.177. The van der Waals surface area contributed by atoms with E-state index in [1.165, 1.54) is 25.2 Å². The summed E-state index contributed by atoms with van der Waals surface area (Å²) in [5.74, 6) is 0. The highest BCUT2D eigenvalue weighted by atomic mass is 16.6. The van der Waals surface area contributed by atoms with Crippen molar-refractivity contribution in [1.29, 1.82) is 0 Å². The predicted octanol–water partition coefficient (Wildman–Crippen LogP) is 1.92. The van der Waals surface area contributed by atoms with Crippen LogP contribution in [0.15, 0.2) is 24.3 Å². The second-order valence-electron chi connectivity index (χ2n) is 4.80. The summed E-state index contributed by atoms with van der Waals surface area (Å²) >= 11 is 0. The number of cyclic esters (lactones) is 1. The van der Waals surface area contributed by atoms with Crippen molar-refractivity contribution in [3.63, 3.8) is 0 Å². The highest BCUT2D eigenvalue weighted by Gasteiger charge is 2.22. The summed E-state index contributed by atoms with van der Waals surface area (Å²) in [5.41, 5.74) is -0.136. The first-order valence-corrected chi connectivity index (χ1v) is 6.36. The highest BCUT2D eigenvalue weighted by Crippen LogP contribution is 2.21. The van der Waals surface area contributed by atoms with Crippen LogP contribution in [0.1, 0.15) is 22.1 Å². The molecule has 2 aromatic rings. The lowest BCUT2D eigenvalue weighted by Crippen LogP contribution is -2.28. The van der Waals surface area contributed by atoms with Crippen LogP contribution in [0.25, 0.3) is 10.9 Å². The van der Waals surface area contributed by atoms with Gasteiger partial charge in [0.2, 0.25) is 0 Å². The van der Waals surface area contributed by atoms with Gasteiger partial charge in [0.15, 0.2) is 2.82 Å². The Bertz CT molecular complexity index is 1070. The van der Waals surface area contributed by atoms with Crippen molar-refractivity contribution in [1.82, 2.24) is 15.2 Å². The van der Waals surface area contributed by atoms with Gasteiger partial charge in [-0.25, -0.2) is 4.79 Å². The monoisotopic (exact) mass is 297 g/mol. The van der Waals surface area contributed by atoms with Crippen LogP contribution in [-0.2, 0) is 17.6 Å². The van der Waals surface area contributed by atoms with E-state index >= 15 is 0 Å². The number of fused-ring (bicyclic) bond motifs is 1. The zero-order chi connectivity index (χ0) is 23.7. The molecule has 1 aromatic heterocycles. The molecule has 21 heavy (non-hydrogen) atoms. The first-order valence-electron chi connectivity index (χ1n) is 11.3. The zero-order valence-corrected chi connectivity index (χ0v) is 11.6. The molecule has 1 aromatic carbocycles. The fourth-order valence-electron chi connectivity index (χ4n) is 1.94. The molecule has 0 aliphatic carbocycles. The van der Waals surface area contributed by atoms with E-state index in [4.69, 9.17) is 13.8 Å². The number of likely N-dealkylation sites (N-methyl/N-ethyl adjacent to an activating group) is 1. The van der Waals surface area contributed by atoms with Crippen molar-refractivity contribution in [2.75, 3.05) is 27.2 Å². The second-order valence-corrected chi connectivity index (χ2v) is 4.80. The largest absolute Gasteiger partial charge is 0.447 e. The van der Waals surface area contributed by atoms with Crippen LogP contribution >= 0.6 is 0 Å². The van der Waals surface area contributed by atoms with Crippen LogP contribution in [0, 0.1) is 0 Å². The summed E-state index contributed by atoms with van der Waals surface area (Å²) in [4.78, 5) is 13.8. The highest BCUT2D eigenvalue weighted by molar-refractivity contribution is 5.84. The van der Waals surface area contributed by atoms with Crippen molar-refractivity contribution < 1.29 is 23.3 Å². The molecule has 3 rings (SSSR count).